The lowest BCUT2D eigenvalue weighted by Gasteiger charge is -2.21. The number of nitrogens with one attached hydrogen (secondary N) is 1. The Morgan fingerprint density at radius 3 is 2.43 bits per heavy atom. The lowest BCUT2D eigenvalue weighted by Crippen LogP contribution is -2.37. The molecule has 0 atom stereocenters. The molecule has 1 aromatic heterocycles. The van der Waals surface area contributed by atoms with Gasteiger partial charge in [-0.15, -0.1) is 4.91 Å². The van der Waals surface area contributed by atoms with E-state index in [1.54, 1.807) is 0 Å². The van der Waals surface area contributed by atoms with Crippen molar-refractivity contribution in [3.8, 4) is 0 Å². The van der Waals surface area contributed by atoms with E-state index in [9.17, 15) is 9.70 Å². The zero-order valence-electron chi connectivity index (χ0n) is 12.1. The number of nitroso groups, excluding NO2 is 1. The highest BCUT2D eigenvalue weighted by Crippen LogP contribution is 2.15. The lowest BCUT2D eigenvalue weighted by molar-refractivity contribution is 0.299. The van der Waals surface area contributed by atoms with Crippen LogP contribution in [0.1, 0.15) is 0 Å². The van der Waals surface area contributed by atoms with Gasteiger partial charge >= 0.3 is 0 Å². The molecule has 0 spiro atoms. The monoisotopic (exact) mass is 298 g/mol. The van der Waals surface area contributed by atoms with Gasteiger partial charge in [0.15, 0.2) is 5.82 Å². The fourth-order valence-corrected chi connectivity index (χ4v) is 1.88. The molecule has 0 amide bonds. The average Bonchev–Trinajstić information content (AvgIpc) is 2.45. The molecular weight excluding hydrogens is 276 g/mol. The molecule has 0 aromatic carbocycles. The van der Waals surface area contributed by atoms with Crippen LogP contribution < -0.4 is 28.1 Å². The molecule has 118 valence electrons. The van der Waals surface area contributed by atoms with Crippen molar-refractivity contribution >= 4 is 17.5 Å². The van der Waals surface area contributed by atoms with E-state index in [0.29, 0.717) is 26.2 Å². The van der Waals surface area contributed by atoms with Gasteiger partial charge in [-0.25, -0.2) is 0 Å². The van der Waals surface area contributed by atoms with Gasteiger partial charge in [0.25, 0.3) is 5.56 Å². The molecule has 7 N–H and O–H groups in total. The quantitative estimate of drug-likeness (QED) is 0.396. The van der Waals surface area contributed by atoms with Crippen LogP contribution in [0.4, 0.5) is 17.5 Å². The van der Waals surface area contributed by atoms with Crippen LogP contribution in [0, 0.1) is 4.91 Å². The highest BCUT2D eigenvalue weighted by atomic mass is 16.3. The summed E-state index contributed by atoms with van der Waals surface area (Å²) >= 11 is 0. The van der Waals surface area contributed by atoms with Crippen molar-refractivity contribution in [2.75, 3.05) is 50.3 Å². The summed E-state index contributed by atoms with van der Waals surface area (Å²) in [6, 6.07) is 0. The number of aromatic nitrogens is 2. The van der Waals surface area contributed by atoms with Gasteiger partial charge < -0.3 is 22.5 Å². The minimum Gasteiger partial charge on any atom is -0.382 e. The van der Waals surface area contributed by atoms with E-state index in [1.165, 1.54) is 11.6 Å². The summed E-state index contributed by atoms with van der Waals surface area (Å²) in [6.45, 7) is 3.79. The third kappa shape index (κ3) is 4.48. The Morgan fingerprint density at radius 1 is 1.29 bits per heavy atom. The van der Waals surface area contributed by atoms with Gasteiger partial charge in [-0.3, -0.25) is 14.3 Å². The zero-order chi connectivity index (χ0) is 15.8. The van der Waals surface area contributed by atoms with E-state index in [4.69, 9.17) is 17.2 Å². The molecule has 0 bridgehead atoms. The van der Waals surface area contributed by atoms with Crippen molar-refractivity contribution in [1.82, 2.24) is 14.5 Å². The molecule has 0 saturated carbocycles. The van der Waals surface area contributed by atoms with Crippen molar-refractivity contribution < 1.29 is 0 Å². The highest BCUT2D eigenvalue weighted by molar-refractivity contribution is 5.58. The molecule has 0 unspecified atom stereocenters. The molecule has 10 nitrogen and oxygen atoms in total. The zero-order valence-corrected chi connectivity index (χ0v) is 12.1. The molecular formula is C11H22N8O2. The molecule has 0 saturated heterocycles. The fourth-order valence-electron chi connectivity index (χ4n) is 1.88. The average molecular weight is 298 g/mol. The smallest absolute Gasteiger partial charge is 0.286 e. The van der Waals surface area contributed by atoms with Crippen molar-refractivity contribution in [3.05, 3.63) is 15.3 Å². The maximum absolute atomic E-state index is 11.8. The van der Waals surface area contributed by atoms with Crippen LogP contribution >= 0.6 is 0 Å². The summed E-state index contributed by atoms with van der Waals surface area (Å²) in [7, 11) is 1.49. The second-order valence-electron chi connectivity index (χ2n) is 4.47. The first-order valence-electron chi connectivity index (χ1n) is 6.61. The minimum absolute atomic E-state index is 0.184. The molecule has 1 rings (SSSR count). The van der Waals surface area contributed by atoms with Gasteiger partial charge in [0.1, 0.15) is 0 Å². The van der Waals surface area contributed by atoms with Crippen molar-refractivity contribution in [2.24, 2.45) is 23.7 Å². The van der Waals surface area contributed by atoms with E-state index in [2.05, 4.69) is 20.4 Å². The van der Waals surface area contributed by atoms with E-state index < -0.39 is 5.56 Å². The molecule has 0 aliphatic rings. The molecule has 0 radical (unpaired) electrons. The third-order valence-corrected chi connectivity index (χ3v) is 2.99. The topological polar surface area (TPSA) is 158 Å². The second-order valence-corrected chi connectivity index (χ2v) is 4.47. The van der Waals surface area contributed by atoms with Crippen LogP contribution in [0.5, 0.6) is 0 Å². The maximum Gasteiger partial charge on any atom is 0.286 e. The molecule has 1 aromatic rings. The third-order valence-electron chi connectivity index (χ3n) is 2.99. The number of nitrogens with zero attached hydrogens (tertiary/aromatic N) is 4. The largest absolute Gasteiger partial charge is 0.382 e. The van der Waals surface area contributed by atoms with Gasteiger partial charge in [-0.1, -0.05) is 0 Å². The van der Waals surface area contributed by atoms with Crippen LogP contribution in [-0.4, -0.2) is 53.7 Å². The van der Waals surface area contributed by atoms with Crippen LogP contribution in [0.2, 0.25) is 0 Å². The van der Waals surface area contributed by atoms with Gasteiger partial charge in [0.05, 0.1) is 0 Å². The van der Waals surface area contributed by atoms with Crippen LogP contribution in [-0.2, 0) is 7.05 Å². The normalized spacial score (nSPS) is 10.9. The molecule has 21 heavy (non-hydrogen) atoms. The van der Waals surface area contributed by atoms with Crippen LogP contribution in [0.15, 0.2) is 9.97 Å². The standard InChI is InChI=1S/C11H22N8O2/c1-18-10(20)8(17-21)9(14)16-11(18)15-4-7-19(5-2-12)6-3-13/h2-7,12-14H2,1H3,(H,15,16). The number of nitrogen functional groups attached to an aromatic ring is 1. The first-order chi connectivity index (χ1) is 10.0. The molecule has 1 heterocycles. The van der Waals surface area contributed by atoms with Crippen molar-refractivity contribution in [2.45, 2.75) is 0 Å². The molecule has 0 aliphatic heterocycles. The van der Waals surface area contributed by atoms with E-state index >= 15 is 0 Å². The predicted molar refractivity (Wildman–Crippen MR) is 82.4 cm³/mol. The maximum atomic E-state index is 11.8. The summed E-state index contributed by atoms with van der Waals surface area (Å²) in [4.78, 5) is 28.4. The Labute approximate surface area is 122 Å². The van der Waals surface area contributed by atoms with E-state index in [1.807, 2.05) is 0 Å². The number of nitrogens with two attached hydrogens (primary N) is 3. The number of hydrogen-bond acceptors (Lipinski definition) is 9. The van der Waals surface area contributed by atoms with Crippen LogP contribution in [0.25, 0.3) is 0 Å². The first-order valence-corrected chi connectivity index (χ1v) is 6.61. The van der Waals surface area contributed by atoms with Gasteiger partial charge in [0.2, 0.25) is 11.6 Å². The number of hydrogen-bond donors (Lipinski definition) is 4. The Bertz CT molecular complexity index is 524. The van der Waals surface area contributed by atoms with Crippen molar-refractivity contribution in [3.63, 3.8) is 0 Å². The lowest BCUT2D eigenvalue weighted by atomic mass is 10.4. The molecule has 10 heteroatoms. The Hall–Kier alpha value is -2.04. The number of rotatable bonds is 9. The summed E-state index contributed by atoms with van der Waals surface area (Å²) in [5.74, 6) is 0.0988. The van der Waals surface area contributed by atoms with Crippen molar-refractivity contribution in [1.29, 1.82) is 0 Å². The van der Waals surface area contributed by atoms with E-state index in [0.717, 1.165) is 13.1 Å². The van der Waals surface area contributed by atoms with Gasteiger partial charge in [-0.05, 0) is 5.18 Å². The highest BCUT2D eigenvalue weighted by Gasteiger charge is 2.13. The Balaban J connectivity index is 2.72. The second kappa shape index (κ2) is 8.29. The summed E-state index contributed by atoms with van der Waals surface area (Å²) < 4.78 is 1.20. The van der Waals surface area contributed by atoms with Crippen LogP contribution in [0.3, 0.4) is 0 Å². The van der Waals surface area contributed by atoms with Gasteiger partial charge in [0, 0.05) is 46.3 Å². The summed E-state index contributed by atoms with van der Waals surface area (Å²) in [5, 5.41) is 5.59. The first kappa shape index (κ1) is 17.0. The predicted octanol–water partition coefficient (Wildman–Crippen LogP) is -1.61. The Morgan fingerprint density at radius 2 is 1.90 bits per heavy atom. The number of anilines is 2. The Kier molecular flexibility index (Phi) is 6.72. The SMILES string of the molecule is Cn1c(NCCN(CCN)CCN)nc(N)c(N=O)c1=O. The van der Waals surface area contributed by atoms with E-state index in [-0.39, 0.29) is 17.5 Å². The minimum atomic E-state index is -0.583. The summed E-state index contributed by atoms with van der Waals surface area (Å²) in [5.41, 5.74) is 15.6. The molecule has 0 aliphatic carbocycles. The van der Waals surface area contributed by atoms with Gasteiger partial charge in [-0.2, -0.15) is 4.98 Å². The fraction of sp³-hybridized carbons (Fsp3) is 0.636. The summed E-state index contributed by atoms with van der Waals surface area (Å²) in [6.07, 6.45) is 0. The molecule has 0 fully saturated rings.